The van der Waals surface area contributed by atoms with Crippen LogP contribution in [0.4, 0.5) is 13.2 Å². The number of aryl methyl sites for hydroxylation is 1. The molecule has 1 heterocycles. The Morgan fingerprint density at radius 1 is 1.52 bits per heavy atom. The van der Waals surface area contributed by atoms with Crippen molar-refractivity contribution in [3.8, 4) is 0 Å². The van der Waals surface area contributed by atoms with E-state index >= 15 is 0 Å². The van der Waals surface area contributed by atoms with Gasteiger partial charge in [0.1, 0.15) is 6.04 Å². The minimum atomic E-state index is -4.26. The van der Waals surface area contributed by atoms with Gasteiger partial charge in [-0.25, -0.2) is 0 Å². The standard InChI is InChI=1S/C14H21F3N4O.ClH/c1-18-12(11-7-19-20(2)9-11)13(22)21(8-10-3-4-10)6-5-14(15,16)17;/h7,9-10,12,18H,3-6,8H2,1-2H3;1H. The number of rotatable bonds is 7. The Labute approximate surface area is 139 Å². The highest BCUT2D eigenvalue weighted by molar-refractivity contribution is 5.85. The maximum Gasteiger partial charge on any atom is 0.390 e. The summed E-state index contributed by atoms with van der Waals surface area (Å²) in [6.45, 7) is 0.102. The zero-order valence-electron chi connectivity index (χ0n) is 13.1. The van der Waals surface area contributed by atoms with Gasteiger partial charge in [-0.15, -0.1) is 12.4 Å². The molecule has 1 amide bonds. The topological polar surface area (TPSA) is 50.2 Å². The van der Waals surface area contributed by atoms with Crippen molar-refractivity contribution in [3.63, 3.8) is 0 Å². The Morgan fingerprint density at radius 3 is 2.61 bits per heavy atom. The summed E-state index contributed by atoms with van der Waals surface area (Å²) in [5.41, 5.74) is 0.655. The summed E-state index contributed by atoms with van der Waals surface area (Å²) in [5.74, 6) is 0.00948. The van der Waals surface area contributed by atoms with Crippen molar-refractivity contribution in [2.45, 2.75) is 31.5 Å². The van der Waals surface area contributed by atoms with Crippen LogP contribution in [0, 0.1) is 5.92 Å². The van der Waals surface area contributed by atoms with Gasteiger partial charge in [0.25, 0.3) is 0 Å². The summed E-state index contributed by atoms with van der Waals surface area (Å²) in [7, 11) is 3.35. The predicted molar refractivity (Wildman–Crippen MR) is 82.2 cm³/mol. The normalized spacial score (nSPS) is 15.9. The lowest BCUT2D eigenvalue weighted by Crippen LogP contribution is -2.42. The van der Waals surface area contributed by atoms with Crippen LogP contribution in [0.3, 0.4) is 0 Å². The molecule has 0 bridgehead atoms. The van der Waals surface area contributed by atoms with Crippen molar-refractivity contribution in [1.82, 2.24) is 20.0 Å². The van der Waals surface area contributed by atoms with E-state index in [9.17, 15) is 18.0 Å². The van der Waals surface area contributed by atoms with Crippen LogP contribution in [0.25, 0.3) is 0 Å². The summed E-state index contributed by atoms with van der Waals surface area (Å²) in [6.07, 6.45) is -0.0312. The molecule has 9 heteroatoms. The Kier molecular flexibility index (Phi) is 6.88. The van der Waals surface area contributed by atoms with Gasteiger partial charge in [-0.2, -0.15) is 18.3 Å². The molecule has 1 aliphatic carbocycles. The number of nitrogens with one attached hydrogen (secondary N) is 1. The quantitative estimate of drug-likeness (QED) is 0.817. The number of amides is 1. The van der Waals surface area contributed by atoms with Crippen molar-refractivity contribution in [1.29, 1.82) is 0 Å². The molecular formula is C14H22ClF3N4O. The third-order valence-corrected chi connectivity index (χ3v) is 3.75. The van der Waals surface area contributed by atoms with Crippen molar-refractivity contribution in [3.05, 3.63) is 18.0 Å². The monoisotopic (exact) mass is 354 g/mol. The van der Waals surface area contributed by atoms with Gasteiger partial charge >= 0.3 is 6.18 Å². The molecule has 1 atom stereocenters. The summed E-state index contributed by atoms with van der Waals surface area (Å²) in [6, 6.07) is -0.666. The first-order valence-electron chi connectivity index (χ1n) is 7.31. The molecule has 0 aromatic carbocycles. The lowest BCUT2D eigenvalue weighted by Gasteiger charge is -2.27. The fraction of sp³-hybridized carbons (Fsp3) is 0.714. The molecule has 1 saturated carbocycles. The minimum Gasteiger partial charge on any atom is -0.340 e. The van der Waals surface area contributed by atoms with Crippen molar-refractivity contribution >= 4 is 18.3 Å². The fourth-order valence-corrected chi connectivity index (χ4v) is 2.37. The first kappa shape index (κ1) is 19.8. The first-order chi connectivity index (χ1) is 10.3. The average Bonchev–Trinajstić information content (AvgIpc) is 3.15. The Balaban J connectivity index is 0.00000264. The van der Waals surface area contributed by atoms with Gasteiger partial charge in [-0.1, -0.05) is 0 Å². The summed E-state index contributed by atoms with van der Waals surface area (Å²) in [5, 5.41) is 6.89. The number of hydrogen-bond acceptors (Lipinski definition) is 3. The molecule has 1 unspecified atom stereocenters. The van der Waals surface area contributed by atoms with Crippen molar-refractivity contribution in [2.75, 3.05) is 20.1 Å². The van der Waals surface area contributed by atoms with Gasteiger partial charge in [0.05, 0.1) is 12.6 Å². The number of alkyl halides is 3. The van der Waals surface area contributed by atoms with Crippen LogP contribution in [0.2, 0.25) is 0 Å². The van der Waals surface area contributed by atoms with E-state index in [-0.39, 0.29) is 24.9 Å². The molecule has 1 fully saturated rings. The van der Waals surface area contributed by atoms with Gasteiger partial charge in [0.15, 0.2) is 0 Å². The van der Waals surface area contributed by atoms with Crippen LogP contribution >= 0.6 is 12.4 Å². The van der Waals surface area contributed by atoms with E-state index in [1.54, 1.807) is 31.2 Å². The van der Waals surface area contributed by atoms with Crippen molar-refractivity contribution < 1.29 is 18.0 Å². The van der Waals surface area contributed by atoms with Gasteiger partial charge in [0.2, 0.25) is 5.91 Å². The van der Waals surface area contributed by atoms with Crippen molar-refractivity contribution in [2.24, 2.45) is 13.0 Å². The molecule has 0 saturated heterocycles. The third-order valence-electron chi connectivity index (χ3n) is 3.75. The lowest BCUT2D eigenvalue weighted by atomic mass is 10.1. The maximum absolute atomic E-state index is 12.6. The highest BCUT2D eigenvalue weighted by Gasteiger charge is 2.34. The molecule has 23 heavy (non-hydrogen) atoms. The van der Waals surface area contributed by atoms with Crippen LogP contribution < -0.4 is 5.32 Å². The lowest BCUT2D eigenvalue weighted by molar-refractivity contribution is -0.146. The van der Waals surface area contributed by atoms with E-state index in [0.717, 1.165) is 12.8 Å². The van der Waals surface area contributed by atoms with E-state index in [2.05, 4.69) is 10.4 Å². The number of carbonyl (C=O) groups is 1. The van der Waals surface area contributed by atoms with Crippen LogP contribution in [0.1, 0.15) is 30.9 Å². The van der Waals surface area contributed by atoms with Gasteiger partial charge in [0, 0.05) is 31.9 Å². The number of carbonyl (C=O) groups excluding carboxylic acids is 1. The Hall–Kier alpha value is -1.28. The third kappa shape index (κ3) is 6.02. The van der Waals surface area contributed by atoms with E-state index in [4.69, 9.17) is 0 Å². The van der Waals surface area contributed by atoms with Crippen LogP contribution in [0.5, 0.6) is 0 Å². The van der Waals surface area contributed by atoms with Crippen LogP contribution in [-0.2, 0) is 11.8 Å². The molecule has 0 radical (unpaired) electrons. The molecule has 1 aromatic rings. The van der Waals surface area contributed by atoms with Crippen LogP contribution in [0.15, 0.2) is 12.4 Å². The number of hydrogen-bond donors (Lipinski definition) is 1. The summed E-state index contributed by atoms with van der Waals surface area (Å²) >= 11 is 0. The molecule has 0 spiro atoms. The summed E-state index contributed by atoms with van der Waals surface area (Å²) in [4.78, 5) is 14.0. The SMILES string of the molecule is CNC(C(=O)N(CCC(F)(F)F)CC1CC1)c1cnn(C)c1.Cl. The second-order valence-corrected chi connectivity index (χ2v) is 5.76. The van der Waals surface area contributed by atoms with E-state index in [1.807, 2.05) is 0 Å². The number of halogens is 4. The molecular weight excluding hydrogens is 333 g/mol. The minimum absolute atomic E-state index is 0. The van der Waals surface area contributed by atoms with Gasteiger partial charge in [-0.05, 0) is 25.8 Å². The second-order valence-electron chi connectivity index (χ2n) is 5.76. The Morgan fingerprint density at radius 2 is 2.17 bits per heavy atom. The van der Waals surface area contributed by atoms with E-state index < -0.39 is 18.6 Å². The smallest absolute Gasteiger partial charge is 0.340 e. The molecule has 2 rings (SSSR count). The fourth-order valence-electron chi connectivity index (χ4n) is 2.37. The van der Waals surface area contributed by atoms with E-state index in [1.165, 1.54) is 4.90 Å². The highest BCUT2D eigenvalue weighted by atomic mass is 35.5. The van der Waals surface area contributed by atoms with E-state index in [0.29, 0.717) is 18.0 Å². The molecule has 132 valence electrons. The molecule has 1 aromatic heterocycles. The predicted octanol–water partition coefficient (Wildman–Crippen LogP) is 2.29. The number of likely N-dealkylation sites (N-methyl/N-ethyl adjacent to an activating group) is 1. The highest BCUT2D eigenvalue weighted by Crippen LogP contribution is 2.31. The number of nitrogens with zero attached hydrogens (tertiary/aromatic N) is 3. The van der Waals surface area contributed by atoms with Crippen LogP contribution in [-0.4, -0.2) is 46.9 Å². The largest absolute Gasteiger partial charge is 0.390 e. The average molecular weight is 355 g/mol. The number of aromatic nitrogens is 2. The van der Waals surface area contributed by atoms with Gasteiger partial charge in [-0.3, -0.25) is 9.48 Å². The first-order valence-corrected chi connectivity index (χ1v) is 7.31. The zero-order valence-corrected chi connectivity index (χ0v) is 14.0. The Bertz CT molecular complexity index is 516. The molecule has 5 nitrogen and oxygen atoms in total. The summed E-state index contributed by atoms with van der Waals surface area (Å²) < 4.78 is 39.0. The molecule has 0 aliphatic heterocycles. The maximum atomic E-state index is 12.6. The second kappa shape index (κ2) is 8.01. The molecule has 1 N–H and O–H groups in total. The zero-order chi connectivity index (χ0) is 16.3. The van der Waals surface area contributed by atoms with Gasteiger partial charge < -0.3 is 10.2 Å². The molecule has 1 aliphatic rings.